The zero-order valence-corrected chi connectivity index (χ0v) is 26.0. The lowest BCUT2D eigenvalue weighted by Crippen LogP contribution is -2.51. The standard InChI is InChI=1S/C32H45O8P/c1-6-36-41(33,37-7-2)40-29-21-25(38-23(3)12-11-15-24-13-9-8-10-14-24)20-28-30(29)26-22-32(34-18-19-35-32)17-16-27(26)31(4,5)39-28/h8-10,13-14,20-21,23,26-27H,6-7,11-12,15-19,22H2,1-5H3/t23-,26-,27-/m1/s1. The first-order chi connectivity index (χ1) is 19.7. The van der Waals surface area contributed by atoms with Crippen LogP contribution in [0.15, 0.2) is 42.5 Å². The maximum atomic E-state index is 13.6. The molecule has 0 unspecified atom stereocenters. The molecule has 2 aromatic rings. The van der Waals surface area contributed by atoms with Crippen LogP contribution in [0, 0.1) is 5.92 Å². The van der Waals surface area contributed by atoms with Gasteiger partial charge >= 0.3 is 7.82 Å². The van der Waals surface area contributed by atoms with Gasteiger partial charge in [0.1, 0.15) is 22.8 Å². The van der Waals surface area contributed by atoms with Gasteiger partial charge in [-0.05, 0) is 65.9 Å². The fraction of sp³-hybridized carbons (Fsp3) is 0.625. The van der Waals surface area contributed by atoms with Crippen molar-refractivity contribution in [3.63, 3.8) is 0 Å². The number of aryl methyl sites for hydroxylation is 1. The minimum absolute atomic E-state index is 0.00430. The van der Waals surface area contributed by atoms with E-state index in [4.69, 9.17) is 32.5 Å². The van der Waals surface area contributed by atoms with Gasteiger partial charge in [0.25, 0.3) is 0 Å². The fourth-order valence-corrected chi connectivity index (χ4v) is 7.84. The van der Waals surface area contributed by atoms with Crippen LogP contribution in [-0.2, 0) is 29.5 Å². The first-order valence-electron chi connectivity index (χ1n) is 15.1. The highest BCUT2D eigenvalue weighted by atomic mass is 31.2. The molecule has 2 heterocycles. The van der Waals surface area contributed by atoms with E-state index in [0.29, 0.717) is 36.9 Å². The van der Waals surface area contributed by atoms with Gasteiger partial charge in [-0.2, -0.15) is 0 Å². The summed E-state index contributed by atoms with van der Waals surface area (Å²) in [5.74, 6) is 1.24. The number of ether oxygens (including phenoxy) is 4. The molecule has 0 amide bonds. The summed E-state index contributed by atoms with van der Waals surface area (Å²) in [6.07, 6.45) is 5.18. The highest BCUT2D eigenvalue weighted by Gasteiger charge is 2.54. The average molecular weight is 589 g/mol. The van der Waals surface area contributed by atoms with Crippen LogP contribution < -0.4 is 14.0 Å². The Balaban J connectivity index is 1.45. The summed E-state index contributed by atoms with van der Waals surface area (Å²) >= 11 is 0. The Kier molecular flexibility index (Phi) is 9.37. The molecule has 0 N–H and O–H groups in total. The van der Waals surface area contributed by atoms with E-state index >= 15 is 0 Å². The van der Waals surface area contributed by atoms with E-state index in [-0.39, 0.29) is 31.2 Å². The third-order valence-electron chi connectivity index (χ3n) is 8.42. The lowest BCUT2D eigenvalue weighted by Gasteiger charge is -2.51. The van der Waals surface area contributed by atoms with Crippen molar-refractivity contribution in [2.45, 2.75) is 96.6 Å². The smallest absolute Gasteiger partial charge is 0.490 e. The molecular formula is C32H45O8P. The molecule has 226 valence electrons. The molecule has 1 aliphatic carbocycles. The molecule has 2 fully saturated rings. The number of phosphoric ester groups is 1. The van der Waals surface area contributed by atoms with E-state index in [1.54, 1.807) is 13.8 Å². The molecule has 5 rings (SSSR count). The Morgan fingerprint density at radius 1 is 1.05 bits per heavy atom. The largest absolute Gasteiger partial charge is 0.530 e. The van der Waals surface area contributed by atoms with Gasteiger partial charge in [0, 0.05) is 42.4 Å². The van der Waals surface area contributed by atoms with Crippen LogP contribution in [0.3, 0.4) is 0 Å². The van der Waals surface area contributed by atoms with Crippen molar-refractivity contribution in [1.29, 1.82) is 0 Å². The highest BCUT2D eigenvalue weighted by Crippen LogP contribution is 2.60. The van der Waals surface area contributed by atoms with Gasteiger partial charge in [-0.15, -0.1) is 0 Å². The van der Waals surface area contributed by atoms with Gasteiger partial charge < -0.3 is 23.5 Å². The second-order valence-electron chi connectivity index (χ2n) is 11.8. The lowest BCUT2D eigenvalue weighted by atomic mass is 9.65. The highest BCUT2D eigenvalue weighted by molar-refractivity contribution is 7.48. The van der Waals surface area contributed by atoms with E-state index in [1.165, 1.54) is 5.56 Å². The Labute approximate surface area is 244 Å². The third kappa shape index (κ3) is 6.94. The van der Waals surface area contributed by atoms with Gasteiger partial charge in [0.15, 0.2) is 5.79 Å². The number of rotatable bonds is 12. The second kappa shape index (κ2) is 12.6. The fourth-order valence-electron chi connectivity index (χ4n) is 6.64. The van der Waals surface area contributed by atoms with Crippen molar-refractivity contribution < 1.29 is 37.1 Å². The van der Waals surface area contributed by atoms with E-state index in [2.05, 4.69) is 45.0 Å². The minimum Gasteiger partial charge on any atom is -0.490 e. The van der Waals surface area contributed by atoms with Gasteiger partial charge in [0.05, 0.1) is 32.5 Å². The van der Waals surface area contributed by atoms with Gasteiger partial charge in [-0.1, -0.05) is 30.3 Å². The van der Waals surface area contributed by atoms with Crippen LogP contribution >= 0.6 is 7.82 Å². The number of hydrogen-bond acceptors (Lipinski definition) is 8. The second-order valence-corrected chi connectivity index (χ2v) is 13.4. The molecule has 3 aliphatic rings. The molecular weight excluding hydrogens is 543 g/mol. The Bertz CT molecular complexity index is 1200. The van der Waals surface area contributed by atoms with Gasteiger partial charge in [-0.3, -0.25) is 9.05 Å². The molecule has 0 aromatic heterocycles. The summed E-state index contributed by atoms with van der Waals surface area (Å²) in [6.45, 7) is 11.4. The summed E-state index contributed by atoms with van der Waals surface area (Å²) < 4.78 is 56.2. The van der Waals surface area contributed by atoms with Gasteiger partial charge in [0.2, 0.25) is 0 Å². The molecule has 41 heavy (non-hydrogen) atoms. The molecule has 1 spiro atoms. The van der Waals surface area contributed by atoms with Crippen LogP contribution in [0.5, 0.6) is 17.2 Å². The molecule has 0 bridgehead atoms. The summed E-state index contributed by atoms with van der Waals surface area (Å²) in [7, 11) is -3.88. The summed E-state index contributed by atoms with van der Waals surface area (Å²) in [4.78, 5) is 0. The van der Waals surface area contributed by atoms with Crippen LogP contribution in [0.1, 0.15) is 83.8 Å². The predicted octanol–water partition coefficient (Wildman–Crippen LogP) is 7.83. The quantitative estimate of drug-likeness (QED) is 0.232. The minimum atomic E-state index is -3.88. The molecule has 1 saturated carbocycles. The van der Waals surface area contributed by atoms with Crippen molar-refractivity contribution in [2.24, 2.45) is 5.92 Å². The first kappa shape index (κ1) is 30.4. The molecule has 1 saturated heterocycles. The van der Waals surface area contributed by atoms with Crippen LogP contribution in [-0.4, -0.2) is 43.9 Å². The number of hydrogen-bond donors (Lipinski definition) is 0. The van der Waals surface area contributed by atoms with Crippen molar-refractivity contribution in [2.75, 3.05) is 26.4 Å². The monoisotopic (exact) mass is 588 g/mol. The van der Waals surface area contributed by atoms with Crippen molar-refractivity contribution in [3.8, 4) is 17.2 Å². The molecule has 0 radical (unpaired) electrons. The van der Waals surface area contributed by atoms with Crippen LogP contribution in [0.4, 0.5) is 0 Å². The summed E-state index contributed by atoms with van der Waals surface area (Å²) in [5, 5.41) is 0. The van der Waals surface area contributed by atoms with Crippen molar-refractivity contribution in [3.05, 3.63) is 53.6 Å². The van der Waals surface area contributed by atoms with E-state index in [1.807, 2.05) is 18.2 Å². The Morgan fingerprint density at radius 2 is 1.76 bits per heavy atom. The van der Waals surface area contributed by atoms with E-state index in [0.717, 1.165) is 37.7 Å². The van der Waals surface area contributed by atoms with E-state index < -0.39 is 19.2 Å². The molecule has 8 nitrogen and oxygen atoms in total. The molecule has 3 atom stereocenters. The molecule has 2 aromatic carbocycles. The topological polar surface area (TPSA) is 81.7 Å². The zero-order valence-electron chi connectivity index (χ0n) is 25.1. The number of benzene rings is 2. The Morgan fingerprint density at radius 3 is 2.44 bits per heavy atom. The van der Waals surface area contributed by atoms with Crippen LogP contribution in [0.25, 0.3) is 0 Å². The maximum Gasteiger partial charge on any atom is 0.530 e. The Hall–Kier alpha value is -2.09. The first-order valence-corrected chi connectivity index (χ1v) is 16.6. The van der Waals surface area contributed by atoms with Crippen molar-refractivity contribution in [1.82, 2.24) is 0 Å². The van der Waals surface area contributed by atoms with Crippen LogP contribution in [0.2, 0.25) is 0 Å². The summed E-state index contributed by atoms with van der Waals surface area (Å²) in [5.41, 5.74) is 1.73. The van der Waals surface area contributed by atoms with E-state index in [9.17, 15) is 4.57 Å². The zero-order chi connectivity index (χ0) is 29.1. The number of phosphoric acid groups is 1. The molecule has 2 aliphatic heterocycles. The predicted molar refractivity (Wildman–Crippen MR) is 157 cm³/mol. The number of fused-ring (bicyclic) bond motifs is 3. The SMILES string of the molecule is CCOP(=O)(OCC)Oc1cc(O[C@H](C)CCCc2ccccc2)cc2c1[C@@H]1CC3(CC[C@H]1C(C)(C)O2)OCCO3. The van der Waals surface area contributed by atoms with Gasteiger partial charge in [-0.25, -0.2) is 4.57 Å². The average Bonchev–Trinajstić information content (AvgIpc) is 3.36. The summed E-state index contributed by atoms with van der Waals surface area (Å²) in [6, 6.07) is 14.2. The van der Waals surface area contributed by atoms with Crippen molar-refractivity contribution >= 4 is 7.82 Å². The maximum absolute atomic E-state index is 13.6. The third-order valence-corrected chi connectivity index (χ3v) is 9.99. The normalized spacial score (nSPS) is 23.3. The molecule has 9 heteroatoms. The lowest BCUT2D eigenvalue weighted by molar-refractivity contribution is -0.198.